The minimum Gasteiger partial charge on any atom is -0.478 e. The summed E-state index contributed by atoms with van der Waals surface area (Å²) in [5, 5.41) is 15.9. The molecule has 0 radical (unpaired) electrons. The minimum atomic E-state index is -0.984. The van der Waals surface area contributed by atoms with Gasteiger partial charge in [0.15, 0.2) is 5.82 Å². The molecule has 0 atom stereocenters. The zero-order chi connectivity index (χ0) is 10.8. The molecule has 2 aromatic heterocycles. The Labute approximate surface area is 89.4 Å². The van der Waals surface area contributed by atoms with Gasteiger partial charge < -0.3 is 9.63 Å². The summed E-state index contributed by atoms with van der Waals surface area (Å²) < 4.78 is 4.97. The summed E-state index contributed by atoms with van der Waals surface area (Å²) >= 11 is 1.30. The molecule has 0 bridgehead atoms. The Kier molecular flexibility index (Phi) is 2.51. The van der Waals surface area contributed by atoms with Crippen molar-refractivity contribution >= 4 is 17.3 Å². The molecule has 2 heterocycles. The topological polar surface area (TPSA) is 76.2 Å². The fourth-order valence-electron chi connectivity index (χ4n) is 1.14. The van der Waals surface area contributed by atoms with Crippen LogP contribution in [0.3, 0.4) is 0 Å². The average molecular weight is 224 g/mol. The van der Waals surface area contributed by atoms with Crippen molar-refractivity contribution in [2.75, 3.05) is 0 Å². The molecule has 2 rings (SSSR count). The monoisotopic (exact) mass is 224 g/mol. The summed E-state index contributed by atoms with van der Waals surface area (Å²) in [7, 11) is 0. The van der Waals surface area contributed by atoms with Crippen molar-refractivity contribution in [1.82, 2.24) is 10.1 Å². The number of aryl methyl sites for hydroxylation is 1. The van der Waals surface area contributed by atoms with Gasteiger partial charge in [-0.2, -0.15) is 16.3 Å². The maximum Gasteiger partial charge on any atom is 0.337 e. The van der Waals surface area contributed by atoms with Gasteiger partial charge in [-0.25, -0.2) is 4.79 Å². The first-order chi connectivity index (χ1) is 7.22. The number of aromatic nitrogens is 2. The highest BCUT2D eigenvalue weighted by Gasteiger charge is 2.17. The number of aromatic carboxylic acids is 1. The lowest BCUT2D eigenvalue weighted by Gasteiger charge is -1.91. The fraction of sp³-hybridized carbons (Fsp3) is 0.222. The molecule has 0 fully saturated rings. The molecular weight excluding hydrogens is 216 g/mol. The highest BCUT2D eigenvalue weighted by molar-refractivity contribution is 7.08. The Morgan fingerprint density at radius 1 is 1.60 bits per heavy atom. The van der Waals surface area contributed by atoms with E-state index in [1.807, 2.05) is 6.92 Å². The van der Waals surface area contributed by atoms with Crippen LogP contribution in [0, 0.1) is 0 Å². The normalized spacial score (nSPS) is 10.5. The zero-order valence-corrected chi connectivity index (χ0v) is 8.74. The Hall–Kier alpha value is -1.69. The molecule has 6 heteroatoms. The fourth-order valence-corrected chi connectivity index (χ4v) is 1.93. The largest absolute Gasteiger partial charge is 0.478 e. The Morgan fingerprint density at radius 2 is 2.40 bits per heavy atom. The predicted octanol–water partition coefficient (Wildman–Crippen LogP) is 2.06. The van der Waals surface area contributed by atoms with E-state index in [4.69, 9.17) is 9.63 Å². The summed E-state index contributed by atoms with van der Waals surface area (Å²) in [6.07, 6.45) is 0.663. The molecular formula is C9H8N2O3S. The summed E-state index contributed by atoms with van der Waals surface area (Å²) in [5.41, 5.74) is 0.686. The number of rotatable bonds is 3. The van der Waals surface area contributed by atoms with Gasteiger partial charge in [0.2, 0.25) is 0 Å². The molecule has 0 spiro atoms. The van der Waals surface area contributed by atoms with Crippen LogP contribution in [0.2, 0.25) is 0 Å². The number of hydrogen-bond acceptors (Lipinski definition) is 5. The maximum absolute atomic E-state index is 10.8. The smallest absolute Gasteiger partial charge is 0.337 e. The summed E-state index contributed by atoms with van der Waals surface area (Å²) in [4.78, 5) is 14.9. The van der Waals surface area contributed by atoms with Gasteiger partial charge in [0.1, 0.15) is 0 Å². The number of carbonyl (C=O) groups is 1. The summed E-state index contributed by atoms with van der Waals surface area (Å²) in [6, 6.07) is 0. The van der Waals surface area contributed by atoms with E-state index >= 15 is 0 Å². The number of thiophene rings is 1. The van der Waals surface area contributed by atoms with Crippen LogP contribution in [0.4, 0.5) is 0 Å². The molecule has 15 heavy (non-hydrogen) atoms. The van der Waals surface area contributed by atoms with E-state index in [0.717, 1.165) is 0 Å². The van der Waals surface area contributed by atoms with Crippen LogP contribution in [-0.2, 0) is 6.42 Å². The van der Waals surface area contributed by atoms with Crippen molar-refractivity contribution in [3.8, 4) is 11.5 Å². The lowest BCUT2D eigenvalue weighted by Crippen LogP contribution is -1.95. The van der Waals surface area contributed by atoms with Gasteiger partial charge >= 0.3 is 5.97 Å². The third-order valence-electron chi connectivity index (χ3n) is 1.91. The van der Waals surface area contributed by atoms with E-state index < -0.39 is 5.97 Å². The average Bonchev–Trinajstić information content (AvgIpc) is 2.85. The quantitative estimate of drug-likeness (QED) is 0.863. The third kappa shape index (κ3) is 1.75. The first kappa shape index (κ1) is 9.85. The molecule has 0 saturated heterocycles. The van der Waals surface area contributed by atoms with Crippen LogP contribution in [0.5, 0.6) is 0 Å². The molecule has 0 saturated carbocycles. The predicted molar refractivity (Wildman–Crippen MR) is 53.9 cm³/mol. The van der Waals surface area contributed by atoms with E-state index in [1.165, 1.54) is 11.3 Å². The van der Waals surface area contributed by atoms with Crippen LogP contribution >= 0.6 is 11.3 Å². The highest BCUT2D eigenvalue weighted by atomic mass is 32.1. The van der Waals surface area contributed by atoms with E-state index in [0.29, 0.717) is 17.8 Å². The first-order valence-electron chi connectivity index (χ1n) is 4.34. The van der Waals surface area contributed by atoms with Crippen molar-refractivity contribution in [3.05, 3.63) is 22.1 Å². The SMILES string of the molecule is CCc1noc(-c2cscc2C(=O)O)n1. The van der Waals surface area contributed by atoms with Gasteiger partial charge in [-0.15, -0.1) is 0 Å². The van der Waals surface area contributed by atoms with Gasteiger partial charge in [-0.1, -0.05) is 12.1 Å². The molecule has 78 valence electrons. The summed E-state index contributed by atoms with van der Waals surface area (Å²) in [5.74, 6) is -0.138. The zero-order valence-electron chi connectivity index (χ0n) is 7.93. The Bertz CT molecular complexity index is 489. The minimum absolute atomic E-state index is 0.200. The maximum atomic E-state index is 10.8. The van der Waals surface area contributed by atoms with Crippen molar-refractivity contribution in [2.45, 2.75) is 13.3 Å². The van der Waals surface area contributed by atoms with Crippen LogP contribution in [-0.4, -0.2) is 21.2 Å². The molecule has 5 nitrogen and oxygen atoms in total. The van der Waals surface area contributed by atoms with Crippen LogP contribution in [0.1, 0.15) is 23.1 Å². The molecule has 0 aliphatic carbocycles. The van der Waals surface area contributed by atoms with Crippen LogP contribution in [0.15, 0.2) is 15.3 Å². The van der Waals surface area contributed by atoms with Crippen molar-refractivity contribution in [1.29, 1.82) is 0 Å². The number of nitrogens with zero attached hydrogens (tertiary/aromatic N) is 2. The van der Waals surface area contributed by atoms with E-state index in [2.05, 4.69) is 10.1 Å². The van der Waals surface area contributed by atoms with Gasteiger partial charge in [-0.05, 0) is 0 Å². The Balaban J connectivity index is 2.44. The third-order valence-corrected chi connectivity index (χ3v) is 2.65. The second kappa shape index (κ2) is 3.82. The molecule has 1 N–H and O–H groups in total. The van der Waals surface area contributed by atoms with E-state index in [-0.39, 0.29) is 11.5 Å². The van der Waals surface area contributed by atoms with Crippen LogP contribution in [0.25, 0.3) is 11.5 Å². The molecule has 0 unspecified atom stereocenters. The molecule has 0 aliphatic heterocycles. The van der Waals surface area contributed by atoms with Gasteiger partial charge in [0.05, 0.1) is 11.1 Å². The number of carboxylic acid groups (broad SMARTS) is 1. The summed E-state index contributed by atoms with van der Waals surface area (Å²) in [6.45, 7) is 1.90. The second-order valence-corrected chi connectivity index (χ2v) is 3.62. The molecule has 0 amide bonds. The first-order valence-corrected chi connectivity index (χ1v) is 5.29. The number of carboxylic acids is 1. The lowest BCUT2D eigenvalue weighted by atomic mass is 10.2. The van der Waals surface area contributed by atoms with E-state index in [1.54, 1.807) is 10.8 Å². The standard InChI is InChI=1S/C9H8N2O3S/c1-2-7-10-8(14-11-7)5-3-15-4-6(5)9(12)13/h3-4H,2H2,1H3,(H,12,13). The van der Waals surface area contributed by atoms with Crippen molar-refractivity contribution in [2.24, 2.45) is 0 Å². The second-order valence-electron chi connectivity index (χ2n) is 2.87. The van der Waals surface area contributed by atoms with Gasteiger partial charge in [-0.3, -0.25) is 0 Å². The Morgan fingerprint density at radius 3 is 3.00 bits per heavy atom. The molecule has 2 aromatic rings. The van der Waals surface area contributed by atoms with Crippen molar-refractivity contribution in [3.63, 3.8) is 0 Å². The van der Waals surface area contributed by atoms with Gasteiger partial charge in [0, 0.05) is 17.2 Å². The van der Waals surface area contributed by atoms with E-state index in [9.17, 15) is 4.79 Å². The van der Waals surface area contributed by atoms with Crippen molar-refractivity contribution < 1.29 is 14.4 Å². The van der Waals surface area contributed by atoms with Crippen LogP contribution < -0.4 is 0 Å². The van der Waals surface area contributed by atoms with Gasteiger partial charge in [0.25, 0.3) is 5.89 Å². The molecule has 0 aromatic carbocycles. The molecule has 0 aliphatic rings. The lowest BCUT2D eigenvalue weighted by molar-refractivity contribution is 0.0698. The highest BCUT2D eigenvalue weighted by Crippen LogP contribution is 2.25. The number of hydrogen-bond donors (Lipinski definition) is 1.